The molecule has 144 valence electrons. The van der Waals surface area contributed by atoms with Crippen LogP contribution in [0.5, 0.6) is 0 Å². The molecule has 4 heterocycles. The van der Waals surface area contributed by atoms with E-state index in [2.05, 4.69) is 10.4 Å². The smallest absolute Gasteiger partial charge is 0.237 e. The fourth-order valence-corrected chi connectivity index (χ4v) is 3.86. The van der Waals surface area contributed by atoms with Crippen molar-refractivity contribution in [3.63, 3.8) is 0 Å². The van der Waals surface area contributed by atoms with Crippen LogP contribution in [0.15, 0.2) is 22.6 Å². The van der Waals surface area contributed by atoms with Crippen molar-refractivity contribution in [2.24, 2.45) is 0 Å². The van der Waals surface area contributed by atoms with Crippen LogP contribution < -0.4 is 5.32 Å². The van der Waals surface area contributed by atoms with Gasteiger partial charge in [-0.05, 0) is 32.0 Å². The van der Waals surface area contributed by atoms with Gasteiger partial charge in [0.2, 0.25) is 11.8 Å². The van der Waals surface area contributed by atoms with Crippen molar-refractivity contribution < 1.29 is 14.0 Å². The number of hydrogen-bond donors (Lipinski definition) is 1. The highest BCUT2D eigenvalue weighted by Crippen LogP contribution is 2.19. The Kier molecular flexibility index (Phi) is 4.73. The molecule has 2 aromatic rings. The van der Waals surface area contributed by atoms with E-state index in [0.29, 0.717) is 39.3 Å². The summed E-state index contributed by atoms with van der Waals surface area (Å²) in [6, 6.07) is 5.39. The lowest BCUT2D eigenvalue weighted by molar-refractivity contribution is -0.140. The molecule has 0 spiro atoms. The van der Waals surface area contributed by atoms with Crippen molar-refractivity contribution in [3.05, 3.63) is 41.1 Å². The molecular formula is C19H25N5O3. The molecule has 0 saturated carbocycles. The number of hydrogen-bond acceptors (Lipinski definition) is 5. The third kappa shape index (κ3) is 3.75. The number of nitrogens with zero attached hydrogens (tertiary/aromatic N) is 4. The van der Waals surface area contributed by atoms with Crippen LogP contribution in [0.4, 0.5) is 0 Å². The van der Waals surface area contributed by atoms with E-state index in [1.165, 1.54) is 0 Å². The minimum Gasteiger partial charge on any atom is -0.465 e. The second-order valence-electron chi connectivity index (χ2n) is 7.31. The van der Waals surface area contributed by atoms with Crippen molar-refractivity contribution in [1.29, 1.82) is 0 Å². The first-order chi connectivity index (χ1) is 13.0. The third-order valence-electron chi connectivity index (χ3n) is 5.24. The summed E-state index contributed by atoms with van der Waals surface area (Å²) in [5.41, 5.74) is 2.01. The number of carbonyl (C=O) groups is 2. The van der Waals surface area contributed by atoms with Gasteiger partial charge < -0.3 is 14.6 Å². The normalized spacial score (nSPS) is 20.4. The monoisotopic (exact) mass is 371 g/mol. The van der Waals surface area contributed by atoms with Crippen molar-refractivity contribution >= 4 is 11.8 Å². The molecule has 2 aromatic heterocycles. The number of fused-ring (bicyclic) bond motifs is 1. The van der Waals surface area contributed by atoms with E-state index in [1.807, 2.05) is 46.5 Å². The van der Waals surface area contributed by atoms with Crippen molar-refractivity contribution in [2.75, 3.05) is 19.6 Å². The van der Waals surface area contributed by atoms with E-state index in [9.17, 15) is 9.59 Å². The average molecular weight is 371 g/mol. The van der Waals surface area contributed by atoms with Gasteiger partial charge in [0, 0.05) is 19.6 Å². The minimum absolute atomic E-state index is 0.00257. The molecule has 4 rings (SSSR count). The summed E-state index contributed by atoms with van der Waals surface area (Å²) in [5, 5.41) is 7.31. The van der Waals surface area contributed by atoms with Crippen LogP contribution in [-0.4, -0.2) is 57.1 Å². The fourth-order valence-electron chi connectivity index (χ4n) is 3.86. The molecule has 2 aliphatic rings. The first kappa shape index (κ1) is 17.8. The van der Waals surface area contributed by atoms with E-state index in [-0.39, 0.29) is 18.2 Å². The highest BCUT2D eigenvalue weighted by molar-refractivity contribution is 5.88. The van der Waals surface area contributed by atoms with Crippen molar-refractivity contribution in [2.45, 2.75) is 45.9 Å². The average Bonchev–Trinajstić information content (AvgIpc) is 3.21. The maximum Gasteiger partial charge on any atom is 0.237 e. The van der Waals surface area contributed by atoms with Crippen LogP contribution in [0.1, 0.15) is 29.3 Å². The molecule has 0 aliphatic carbocycles. The number of aromatic nitrogens is 2. The Labute approximate surface area is 158 Å². The maximum absolute atomic E-state index is 12.9. The molecule has 1 atom stereocenters. The summed E-state index contributed by atoms with van der Waals surface area (Å²) in [6.45, 7) is 7.55. The number of aryl methyl sites for hydroxylation is 2. The summed E-state index contributed by atoms with van der Waals surface area (Å²) in [7, 11) is 0. The Morgan fingerprint density at radius 1 is 1.30 bits per heavy atom. The lowest BCUT2D eigenvalue weighted by Crippen LogP contribution is -2.56. The van der Waals surface area contributed by atoms with E-state index in [4.69, 9.17) is 4.42 Å². The lowest BCUT2D eigenvalue weighted by Gasteiger charge is -2.36. The second kappa shape index (κ2) is 7.19. The Balaban J connectivity index is 1.43. The maximum atomic E-state index is 12.9. The molecule has 27 heavy (non-hydrogen) atoms. The molecule has 2 amide bonds. The van der Waals surface area contributed by atoms with Gasteiger partial charge in [0.05, 0.1) is 43.5 Å². The minimum atomic E-state index is -0.467. The quantitative estimate of drug-likeness (QED) is 0.861. The van der Waals surface area contributed by atoms with Gasteiger partial charge >= 0.3 is 0 Å². The van der Waals surface area contributed by atoms with E-state index >= 15 is 0 Å². The Hall–Kier alpha value is -2.61. The van der Waals surface area contributed by atoms with Gasteiger partial charge in [-0.25, -0.2) is 0 Å². The van der Waals surface area contributed by atoms with Crippen LogP contribution in [0.25, 0.3) is 0 Å². The fraction of sp³-hybridized carbons (Fsp3) is 0.526. The molecule has 0 radical (unpaired) electrons. The van der Waals surface area contributed by atoms with Crippen molar-refractivity contribution in [3.8, 4) is 0 Å². The standard InChI is InChI=1S/C19H25N5O3/c1-13-9-15-11-23(7-8-24(15)21-13)18(25)10-17-19(26)20-5-6-22(17)12-16-4-3-14(2)27-16/h3-4,9,17H,5-8,10-12H2,1-2H3,(H,20,26)/t17-/m0/s1. The molecular weight excluding hydrogens is 346 g/mol. The molecule has 1 saturated heterocycles. The van der Waals surface area contributed by atoms with Gasteiger partial charge in [-0.3, -0.25) is 19.2 Å². The Morgan fingerprint density at radius 3 is 2.93 bits per heavy atom. The summed E-state index contributed by atoms with van der Waals surface area (Å²) in [6.07, 6.45) is 0.179. The summed E-state index contributed by atoms with van der Waals surface area (Å²) in [4.78, 5) is 29.2. The van der Waals surface area contributed by atoms with Gasteiger partial charge in [-0.15, -0.1) is 0 Å². The van der Waals surface area contributed by atoms with Gasteiger partial charge in [0.25, 0.3) is 0 Å². The molecule has 8 nitrogen and oxygen atoms in total. The third-order valence-corrected chi connectivity index (χ3v) is 5.24. The molecule has 1 N–H and O–H groups in total. The lowest BCUT2D eigenvalue weighted by atomic mass is 10.1. The summed E-state index contributed by atoms with van der Waals surface area (Å²) >= 11 is 0. The topological polar surface area (TPSA) is 83.6 Å². The first-order valence-corrected chi connectivity index (χ1v) is 9.38. The van der Waals surface area contributed by atoms with Gasteiger partial charge in [0.1, 0.15) is 11.5 Å². The number of rotatable bonds is 4. The highest BCUT2D eigenvalue weighted by Gasteiger charge is 2.34. The molecule has 8 heteroatoms. The molecule has 0 aromatic carbocycles. The number of piperazine rings is 1. The highest BCUT2D eigenvalue weighted by atomic mass is 16.3. The number of amides is 2. The largest absolute Gasteiger partial charge is 0.465 e. The SMILES string of the molecule is Cc1cc2n(n1)CCN(C(=O)C[C@H]1C(=O)NCCN1Cc1ccc(C)o1)C2. The van der Waals surface area contributed by atoms with Gasteiger partial charge in [-0.2, -0.15) is 5.10 Å². The zero-order chi connectivity index (χ0) is 19.0. The van der Waals surface area contributed by atoms with Crippen LogP contribution in [0, 0.1) is 13.8 Å². The molecule has 0 unspecified atom stereocenters. The molecule has 2 aliphatic heterocycles. The molecule has 1 fully saturated rings. The Bertz CT molecular complexity index is 855. The number of nitrogens with one attached hydrogen (secondary N) is 1. The van der Waals surface area contributed by atoms with E-state index in [1.54, 1.807) is 0 Å². The van der Waals surface area contributed by atoms with Crippen LogP contribution in [-0.2, 0) is 29.2 Å². The predicted molar refractivity (Wildman–Crippen MR) is 97.7 cm³/mol. The zero-order valence-corrected chi connectivity index (χ0v) is 15.8. The zero-order valence-electron chi connectivity index (χ0n) is 15.8. The number of carbonyl (C=O) groups excluding carboxylic acids is 2. The van der Waals surface area contributed by atoms with Gasteiger partial charge in [0.15, 0.2) is 0 Å². The Morgan fingerprint density at radius 2 is 2.15 bits per heavy atom. The van der Waals surface area contributed by atoms with E-state index < -0.39 is 6.04 Å². The van der Waals surface area contributed by atoms with Crippen LogP contribution in [0.2, 0.25) is 0 Å². The summed E-state index contributed by atoms with van der Waals surface area (Å²) in [5.74, 6) is 1.58. The second-order valence-corrected chi connectivity index (χ2v) is 7.31. The molecule has 0 bridgehead atoms. The summed E-state index contributed by atoms with van der Waals surface area (Å²) < 4.78 is 7.61. The van der Waals surface area contributed by atoms with Gasteiger partial charge in [-0.1, -0.05) is 0 Å². The van der Waals surface area contributed by atoms with E-state index in [0.717, 1.165) is 22.9 Å². The van der Waals surface area contributed by atoms with Crippen LogP contribution >= 0.6 is 0 Å². The predicted octanol–water partition coefficient (Wildman–Crippen LogP) is 0.826. The van der Waals surface area contributed by atoms with Crippen LogP contribution in [0.3, 0.4) is 0 Å². The van der Waals surface area contributed by atoms with Crippen molar-refractivity contribution in [1.82, 2.24) is 24.9 Å². The number of furan rings is 1. The first-order valence-electron chi connectivity index (χ1n) is 9.38.